The fourth-order valence-electron chi connectivity index (χ4n) is 1.59. The second-order valence-corrected chi connectivity index (χ2v) is 4.78. The monoisotopic (exact) mass is 322 g/mol. The van der Waals surface area contributed by atoms with Crippen molar-refractivity contribution < 1.29 is 4.92 Å². The first-order valence-corrected chi connectivity index (χ1v) is 6.32. The van der Waals surface area contributed by atoms with Gasteiger partial charge in [0.15, 0.2) is 0 Å². The molecule has 2 rings (SSSR count). The number of benzene rings is 1. The molecule has 0 atom stereocenters. The Morgan fingerprint density at radius 1 is 1.42 bits per heavy atom. The van der Waals surface area contributed by atoms with E-state index < -0.39 is 4.92 Å². The molecule has 1 heterocycles. The van der Waals surface area contributed by atoms with Crippen LogP contribution in [0.5, 0.6) is 0 Å². The summed E-state index contributed by atoms with van der Waals surface area (Å²) in [5.74, 6) is 0.671. The molecule has 0 aliphatic carbocycles. The van der Waals surface area contributed by atoms with Crippen LogP contribution < -0.4 is 5.32 Å². The van der Waals surface area contributed by atoms with E-state index in [-0.39, 0.29) is 5.69 Å². The van der Waals surface area contributed by atoms with E-state index >= 15 is 0 Å². The zero-order valence-electron chi connectivity index (χ0n) is 10.1. The standard InChI is InChI=1S/C12H11BrN4O2/c1-8-14-5-4-10(16-8)7-15-11-3-2-9(13)6-12(11)17(18)19/h2-6,15H,7H2,1H3. The van der Waals surface area contributed by atoms with Crippen molar-refractivity contribution in [1.29, 1.82) is 0 Å². The largest absolute Gasteiger partial charge is 0.374 e. The number of hydrogen-bond donors (Lipinski definition) is 1. The van der Waals surface area contributed by atoms with Gasteiger partial charge in [0, 0.05) is 16.7 Å². The maximum absolute atomic E-state index is 11.0. The molecular weight excluding hydrogens is 312 g/mol. The Hall–Kier alpha value is -2.02. The minimum Gasteiger partial charge on any atom is -0.374 e. The molecule has 0 spiro atoms. The molecule has 0 aliphatic heterocycles. The predicted molar refractivity (Wildman–Crippen MR) is 74.9 cm³/mol. The third kappa shape index (κ3) is 3.47. The Kier molecular flexibility index (Phi) is 4.06. The quantitative estimate of drug-likeness (QED) is 0.691. The average molecular weight is 323 g/mol. The number of hydrogen-bond acceptors (Lipinski definition) is 5. The van der Waals surface area contributed by atoms with Gasteiger partial charge >= 0.3 is 0 Å². The van der Waals surface area contributed by atoms with Gasteiger partial charge in [-0.3, -0.25) is 10.1 Å². The number of nitrogens with zero attached hydrogens (tertiary/aromatic N) is 3. The topological polar surface area (TPSA) is 81.0 Å². The molecule has 1 N–H and O–H groups in total. The number of nitro benzene ring substituents is 1. The summed E-state index contributed by atoms with van der Waals surface area (Å²) >= 11 is 3.22. The lowest BCUT2D eigenvalue weighted by atomic mass is 10.2. The van der Waals surface area contributed by atoms with Crippen LogP contribution in [0, 0.1) is 17.0 Å². The van der Waals surface area contributed by atoms with Crippen molar-refractivity contribution in [2.24, 2.45) is 0 Å². The summed E-state index contributed by atoms with van der Waals surface area (Å²) in [5.41, 5.74) is 1.27. The smallest absolute Gasteiger partial charge is 0.293 e. The molecule has 1 aromatic carbocycles. The van der Waals surface area contributed by atoms with Gasteiger partial charge in [-0.1, -0.05) is 15.9 Å². The molecule has 98 valence electrons. The number of rotatable bonds is 4. The molecule has 0 fully saturated rings. The molecule has 7 heteroatoms. The number of nitrogens with one attached hydrogen (secondary N) is 1. The first kappa shape index (κ1) is 13.4. The highest BCUT2D eigenvalue weighted by molar-refractivity contribution is 9.10. The van der Waals surface area contributed by atoms with E-state index in [1.165, 1.54) is 6.07 Å². The number of aromatic nitrogens is 2. The molecule has 6 nitrogen and oxygen atoms in total. The van der Waals surface area contributed by atoms with Gasteiger partial charge in [0.2, 0.25) is 0 Å². The van der Waals surface area contributed by atoms with Gasteiger partial charge in [-0.15, -0.1) is 0 Å². The minimum atomic E-state index is -0.418. The molecule has 19 heavy (non-hydrogen) atoms. The van der Waals surface area contributed by atoms with Crippen LogP contribution in [0.1, 0.15) is 11.5 Å². The third-order valence-corrected chi connectivity index (χ3v) is 2.94. The van der Waals surface area contributed by atoms with Crippen molar-refractivity contribution >= 4 is 27.3 Å². The van der Waals surface area contributed by atoms with Crippen LogP contribution in [0.25, 0.3) is 0 Å². The molecule has 0 unspecified atom stereocenters. The molecule has 0 radical (unpaired) electrons. The maximum Gasteiger partial charge on any atom is 0.293 e. The summed E-state index contributed by atoms with van der Waals surface area (Å²) in [6, 6.07) is 6.65. The van der Waals surface area contributed by atoms with E-state index in [9.17, 15) is 10.1 Å². The molecule has 0 bridgehead atoms. The highest BCUT2D eigenvalue weighted by Gasteiger charge is 2.13. The summed E-state index contributed by atoms with van der Waals surface area (Å²) < 4.78 is 0.669. The summed E-state index contributed by atoms with van der Waals surface area (Å²) in [4.78, 5) is 18.8. The van der Waals surface area contributed by atoms with Gasteiger partial charge in [-0.2, -0.15) is 0 Å². The van der Waals surface area contributed by atoms with Crippen LogP contribution in [0.3, 0.4) is 0 Å². The number of halogens is 1. The molecular formula is C12H11BrN4O2. The number of aryl methyl sites for hydroxylation is 1. The van der Waals surface area contributed by atoms with Crippen molar-refractivity contribution in [1.82, 2.24) is 9.97 Å². The van der Waals surface area contributed by atoms with Crippen molar-refractivity contribution in [3.8, 4) is 0 Å². The Morgan fingerprint density at radius 2 is 2.21 bits per heavy atom. The van der Waals surface area contributed by atoms with Crippen LogP contribution in [0.2, 0.25) is 0 Å². The molecule has 2 aromatic rings. The van der Waals surface area contributed by atoms with Crippen molar-refractivity contribution in [3.63, 3.8) is 0 Å². The van der Waals surface area contributed by atoms with Gasteiger partial charge in [-0.05, 0) is 25.1 Å². The van der Waals surface area contributed by atoms with Gasteiger partial charge < -0.3 is 5.32 Å². The van der Waals surface area contributed by atoms with Gasteiger partial charge in [0.25, 0.3) is 5.69 Å². The number of anilines is 1. The molecule has 0 saturated carbocycles. The normalized spacial score (nSPS) is 10.2. The Bertz CT molecular complexity index is 618. The first-order chi connectivity index (χ1) is 9.06. The second kappa shape index (κ2) is 5.75. The van der Waals surface area contributed by atoms with E-state index in [0.717, 1.165) is 5.69 Å². The van der Waals surface area contributed by atoms with Crippen molar-refractivity contribution in [2.75, 3.05) is 5.32 Å². The van der Waals surface area contributed by atoms with Crippen molar-refractivity contribution in [2.45, 2.75) is 13.5 Å². The van der Waals surface area contributed by atoms with Crippen LogP contribution in [0.15, 0.2) is 34.9 Å². The zero-order valence-corrected chi connectivity index (χ0v) is 11.7. The highest BCUT2D eigenvalue weighted by Crippen LogP contribution is 2.28. The van der Waals surface area contributed by atoms with E-state index in [4.69, 9.17) is 0 Å². The van der Waals surface area contributed by atoms with Crippen LogP contribution in [-0.4, -0.2) is 14.9 Å². The Balaban J connectivity index is 2.17. The Labute approximate surface area is 118 Å². The van der Waals surface area contributed by atoms with Gasteiger partial charge in [0.1, 0.15) is 11.5 Å². The molecule has 1 aromatic heterocycles. The van der Waals surface area contributed by atoms with Gasteiger partial charge in [-0.25, -0.2) is 9.97 Å². The maximum atomic E-state index is 11.0. The number of nitro groups is 1. The summed E-state index contributed by atoms with van der Waals surface area (Å²) in [7, 11) is 0. The van der Waals surface area contributed by atoms with E-state index in [1.807, 2.05) is 0 Å². The second-order valence-electron chi connectivity index (χ2n) is 3.87. The van der Waals surface area contributed by atoms with Crippen LogP contribution in [0.4, 0.5) is 11.4 Å². The molecule has 0 aliphatic rings. The predicted octanol–water partition coefficient (Wildman–Crippen LogP) is 3.07. The first-order valence-electron chi connectivity index (χ1n) is 5.52. The lowest BCUT2D eigenvalue weighted by Gasteiger charge is -2.07. The van der Waals surface area contributed by atoms with E-state index in [1.54, 1.807) is 31.3 Å². The zero-order chi connectivity index (χ0) is 13.8. The summed E-state index contributed by atoms with van der Waals surface area (Å²) in [6.45, 7) is 2.21. The van der Waals surface area contributed by atoms with Crippen LogP contribution >= 0.6 is 15.9 Å². The average Bonchev–Trinajstić information content (AvgIpc) is 2.37. The van der Waals surface area contributed by atoms with Gasteiger partial charge in [0.05, 0.1) is 17.2 Å². The minimum absolute atomic E-state index is 0.0279. The van der Waals surface area contributed by atoms with Crippen LogP contribution in [-0.2, 0) is 6.54 Å². The van der Waals surface area contributed by atoms with E-state index in [2.05, 4.69) is 31.2 Å². The molecule has 0 saturated heterocycles. The SMILES string of the molecule is Cc1nccc(CNc2ccc(Br)cc2[N+](=O)[O-])n1. The Morgan fingerprint density at radius 3 is 2.89 bits per heavy atom. The third-order valence-electron chi connectivity index (χ3n) is 2.45. The fraction of sp³-hybridized carbons (Fsp3) is 0.167. The molecule has 0 amide bonds. The lowest BCUT2D eigenvalue weighted by molar-refractivity contribution is -0.384. The van der Waals surface area contributed by atoms with E-state index in [0.29, 0.717) is 22.5 Å². The fourth-order valence-corrected chi connectivity index (χ4v) is 1.94. The highest BCUT2D eigenvalue weighted by atomic mass is 79.9. The summed E-state index contributed by atoms with van der Waals surface area (Å²) in [5, 5.41) is 14.0. The summed E-state index contributed by atoms with van der Waals surface area (Å²) in [6.07, 6.45) is 1.66. The lowest BCUT2D eigenvalue weighted by Crippen LogP contribution is -2.05. The van der Waals surface area contributed by atoms with Crippen molar-refractivity contribution in [3.05, 3.63) is 56.6 Å².